The number of halogens is 3. The molecule has 0 unspecified atom stereocenters. The van der Waals surface area contributed by atoms with Gasteiger partial charge in [-0.2, -0.15) is 17.2 Å². The number of ether oxygens (including phenoxy) is 1. The second kappa shape index (κ2) is 5.61. The molecule has 4 nitrogen and oxygen atoms in total. The summed E-state index contributed by atoms with van der Waals surface area (Å²) < 4.78 is 54.4. The van der Waals surface area contributed by atoms with Gasteiger partial charge in [0.1, 0.15) is 5.75 Å². The summed E-state index contributed by atoms with van der Waals surface area (Å²) >= 11 is 5.74. The maximum absolute atomic E-state index is 12.1. The predicted octanol–water partition coefficient (Wildman–Crippen LogP) is 2.42. The third-order valence-corrected chi connectivity index (χ3v) is 2.61. The molecule has 0 saturated heterocycles. The maximum Gasteiger partial charge on any atom is 0.387 e. The molecule has 0 aliphatic heterocycles. The Morgan fingerprint density at radius 1 is 1.41 bits per heavy atom. The molecule has 0 atom stereocenters. The van der Waals surface area contributed by atoms with Crippen LogP contribution < -0.4 is 4.74 Å². The van der Waals surface area contributed by atoms with Gasteiger partial charge >= 0.3 is 6.61 Å². The van der Waals surface area contributed by atoms with Crippen molar-refractivity contribution in [1.82, 2.24) is 0 Å². The van der Waals surface area contributed by atoms with Gasteiger partial charge in [0.2, 0.25) is 0 Å². The molecule has 0 N–H and O–H groups in total. The Morgan fingerprint density at radius 2 is 2.06 bits per heavy atom. The van der Waals surface area contributed by atoms with Crippen molar-refractivity contribution in [3.63, 3.8) is 0 Å². The Balaban J connectivity index is 2.95. The van der Waals surface area contributed by atoms with Crippen molar-refractivity contribution in [1.29, 1.82) is 0 Å². The molecule has 0 aliphatic rings. The SMILES string of the molecule is CS(=O)(=O)OCc1c(Cl)cccc1OC(F)F. The highest BCUT2D eigenvalue weighted by Crippen LogP contribution is 2.28. The van der Waals surface area contributed by atoms with Gasteiger partial charge in [-0.15, -0.1) is 0 Å². The van der Waals surface area contributed by atoms with Crippen molar-refractivity contribution >= 4 is 21.7 Å². The maximum atomic E-state index is 12.1. The molecule has 0 fully saturated rings. The minimum Gasteiger partial charge on any atom is -0.434 e. The minimum atomic E-state index is -3.69. The first-order valence-corrected chi connectivity index (χ1v) is 6.55. The molecule has 1 rings (SSSR count). The zero-order valence-electron chi connectivity index (χ0n) is 8.69. The van der Waals surface area contributed by atoms with Crippen LogP contribution in [0, 0.1) is 0 Å². The van der Waals surface area contributed by atoms with E-state index in [0.29, 0.717) is 0 Å². The Bertz CT molecular complexity index is 490. The number of benzene rings is 1. The average molecular weight is 287 g/mol. The zero-order valence-corrected chi connectivity index (χ0v) is 10.3. The molecule has 8 heteroatoms. The monoisotopic (exact) mass is 286 g/mol. The molecule has 0 spiro atoms. The van der Waals surface area contributed by atoms with Gasteiger partial charge in [-0.1, -0.05) is 17.7 Å². The lowest BCUT2D eigenvalue weighted by atomic mass is 10.2. The van der Waals surface area contributed by atoms with Crippen molar-refractivity contribution in [3.05, 3.63) is 28.8 Å². The van der Waals surface area contributed by atoms with Gasteiger partial charge in [0.15, 0.2) is 0 Å². The fourth-order valence-electron chi connectivity index (χ4n) is 1.05. The Morgan fingerprint density at radius 3 is 2.59 bits per heavy atom. The molecule has 0 aromatic heterocycles. The molecule has 0 amide bonds. The van der Waals surface area contributed by atoms with Crippen LogP contribution in [0.5, 0.6) is 5.75 Å². The summed E-state index contributed by atoms with van der Waals surface area (Å²) in [5.74, 6) is -0.212. The Hall–Kier alpha value is -0.920. The Labute approximate surface area is 102 Å². The van der Waals surface area contributed by atoms with E-state index in [1.165, 1.54) is 18.2 Å². The van der Waals surface area contributed by atoms with Gasteiger partial charge in [-0.3, -0.25) is 4.18 Å². The first-order chi connectivity index (χ1) is 7.79. The molecule has 0 aliphatic carbocycles. The third-order valence-electron chi connectivity index (χ3n) is 1.71. The minimum absolute atomic E-state index is 0.0555. The summed E-state index contributed by atoms with van der Waals surface area (Å²) in [5.41, 5.74) is 0.0555. The predicted molar refractivity (Wildman–Crippen MR) is 57.7 cm³/mol. The quantitative estimate of drug-likeness (QED) is 0.780. The molecule has 1 aromatic carbocycles. The first-order valence-electron chi connectivity index (χ1n) is 4.36. The van der Waals surface area contributed by atoms with E-state index >= 15 is 0 Å². The zero-order chi connectivity index (χ0) is 13.1. The van der Waals surface area contributed by atoms with E-state index in [-0.39, 0.29) is 16.3 Å². The van der Waals surface area contributed by atoms with Crippen molar-refractivity contribution in [3.8, 4) is 5.75 Å². The van der Waals surface area contributed by atoms with E-state index in [4.69, 9.17) is 11.6 Å². The molecule has 17 heavy (non-hydrogen) atoms. The van der Waals surface area contributed by atoms with Gasteiger partial charge in [-0.05, 0) is 12.1 Å². The van der Waals surface area contributed by atoms with Gasteiger partial charge in [-0.25, -0.2) is 0 Å². The van der Waals surface area contributed by atoms with Gasteiger partial charge < -0.3 is 4.74 Å². The fraction of sp³-hybridized carbons (Fsp3) is 0.333. The first kappa shape index (κ1) is 14.1. The van der Waals surface area contributed by atoms with Crippen molar-refractivity contribution in [2.24, 2.45) is 0 Å². The lowest BCUT2D eigenvalue weighted by molar-refractivity contribution is -0.0508. The highest BCUT2D eigenvalue weighted by atomic mass is 35.5. The molecule has 1 aromatic rings. The van der Waals surface area contributed by atoms with E-state index in [2.05, 4.69) is 8.92 Å². The molecule has 0 saturated carbocycles. The lowest BCUT2D eigenvalue weighted by Gasteiger charge is -2.11. The number of rotatable bonds is 5. The van der Waals surface area contributed by atoms with E-state index in [9.17, 15) is 17.2 Å². The smallest absolute Gasteiger partial charge is 0.387 e. The largest absolute Gasteiger partial charge is 0.434 e. The van der Waals surface area contributed by atoms with E-state index in [1.807, 2.05) is 0 Å². The normalized spacial score (nSPS) is 11.8. The van der Waals surface area contributed by atoms with Crippen molar-refractivity contribution < 1.29 is 26.1 Å². The number of hydrogen-bond acceptors (Lipinski definition) is 4. The van der Waals surface area contributed by atoms with Crippen molar-refractivity contribution in [2.45, 2.75) is 13.2 Å². The van der Waals surface area contributed by atoms with Crippen LogP contribution in [0.1, 0.15) is 5.56 Å². The highest BCUT2D eigenvalue weighted by Gasteiger charge is 2.14. The molecular weight excluding hydrogens is 278 g/mol. The summed E-state index contributed by atoms with van der Waals surface area (Å²) in [6.45, 7) is -3.48. The van der Waals surface area contributed by atoms with Crippen LogP contribution in [0.3, 0.4) is 0 Å². The summed E-state index contributed by atoms with van der Waals surface area (Å²) in [4.78, 5) is 0. The molecule has 96 valence electrons. The Kier molecular flexibility index (Phi) is 4.67. The van der Waals surface area contributed by atoms with Crippen LogP contribution in [-0.2, 0) is 20.9 Å². The molecular formula is C9H9ClF2O4S. The van der Waals surface area contributed by atoms with Crippen LogP contribution in [0.25, 0.3) is 0 Å². The molecule has 0 radical (unpaired) electrons. The van der Waals surface area contributed by atoms with Crippen LogP contribution in [0.15, 0.2) is 18.2 Å². The number of hydrogen-bond donors (Lipinski definition) is 0. The number of alkyl halides is 2. The van der Waals surface area contributed by atoms with Gasteiger partial charge in [0.25, 0.3) is 10.1 Å². The summed E-state index contributed by atoms with van der Waals surface area (Å²) in [6.07, 6.45) is 0.845. The van der Waals surface area contributed by atoms with Crippen molar-refractivity contribution in [2.75, 3.05) is 6.26 Å². The lowest BCUT2D eigenvalue weighted by Crippen LogP contribution is -2.08. The fourth-order valence-corrected chi connectivity index (χ4v) is 1.60. The third kappa shape index (κ3) is 4.84. The molecule has 0 heterocycles. The van der Waals surface area contributed by atoms with Crippen LogP contribution in [0.4, 0.5) is 8.78 Å². The van der Waals surface area contributed by atoms with E-state index in [1.54, 1.807) is 0 Å². The molecule has 0 bridgehead atoms. The summed E-state index contributed by atoms with van der Waals surface area (Å²) in [5, 5.41) is 0.0896. The van der Waals surface area contributed by atoms with Crippen LogP contribution in [0.2, 0.25) is 5.02 Å². The second-order valence-electron chi connectivity index (χ2n) is 3.06. The topological polar surface area (TPSA) is 52.6 Å². The standard InChI is InChI=1S/C9H9ClF2O4S/c1-17(13,14)15-5-6-7(10)3-2-4-8(6)16-9(11)12/h2-4,9H,5H2,1H3. The average Bonchev–Trinajstić information content (AvgIpc) is 2.14. The van der Waals surface area contributed by atoms with E-state index in [0.717, 1.165) is 6.26 Å². The highest BCUT2D eigenvalue weighted by molar-refractivity contribution is 7.85. The van der Waals surface area contributed by atoms with Gasteiger partial charge in [0, 0.05) is 10.6 Å². The second-order valence-corrected chi connectivity index (χ2v) is 5.11. The van der Waals surface area contributed by atoms with E-state index < -0.39 is 23.3 Å². The summed E-state index contributed by atoms with van der Waals surface area (Å²) in [6, 6.07) is 4.07. The summed E-state index contributed by atoms with van der Waals surface area (Å²) in [7, 11) is -3.69. The van der Waals surface area contributed by atoms with Gasteiger partial charge in [0.05, 0.1) is 12.9 Å². The van der Waals surface area contributed by atoms with Crippen LogP contribution in [-0.4, -0.2) is 21.3 Å². The van der Waals surface area contributed by atoms with Crippen LogP contribution >= 0.6 is 11.6 Å².